The first-order valence-electron chi connectivity index (χ1n) is 11.9. The summed E-state index contributed by atoms with van der Waals surface area (Å²) in [5.41, 5.74) is 3.07. The minimum absolute atomic E-state index is 0.0312. The van der Waals surface area contributed by atoms with Gasteiger partial charge in [-0.05, 0) is 54.8 Å². The van der Waals surface area contributed by atoms with Crippen LogP contribution in [0.2, 0.25) is 0 Å². The van der Waals surface area contributed by atoms with Crippen LogP contribution in [-0.2, 0) is 28.3 Å². The second-order valence-electron chi connectivity index (χ2n) is 8.86. The quantitative estimate of drug-likeness (QED) is 0.297. The lowest BCUT2D eigenvalue weighted by Crippen LogP contribution is -2.52. The number of nitrogens with one attached hydrogen (secondary N) is 1. The maximum Gasteiger partial charge on any atom is 0.243 e. The van der Waals surface area contributed by atoms with Gasteiger partial charge >= 0.3 is 0 Å². The van der Waals surface area contributed by atoms with Crippen molar-refractivity contribution in [2.45, 2.75) is 44.6 Å². The smallest absolute Gasteiger partial charge is 0.243 e. The molecule has 0 radical (unpaired) electrons. The van der Waals surface area contributed by atoms with E-state index in [1.807, 2.05) is 92.7 Å². The van der Waals surface area contributed by atoms with Crippen molar-refractivity contribution in [2.24, 2.45) is 0 Å². The van der Waals surface area contributed by atoms with Gasteiger partial charge in [-0.1, -0.05) is 70.5 Å². The van der Waals surface area contributed by atoms with Crippen LogP contribution in [0, 0.1) is 0 Å². The average molecular weight is 570 g/mol. The number of nitrogens with zero attached hydrogens (tertiary/aromatic N) is 1. The van der Waals surface area contributed by atoms with Crippen LogP contribution in [0.1, 0.15) is 30.5 Å². The van der Waals surface area contributed by atoms with E-state index in [1.165, 1.54) is 0 Å². The minimum atomic E-state index is -0.637. The van der Waals surface area contributed by atoms with Gasteiger partial charge in [0, 0.05) is 29.2 Å². The van der Waals surface area contributed by atoms with E-state index in [2.05, 4.69) is 21.2 Å². The molecule has 0 fully saturated rings. The second kappa shape index (κ2) is 14.1. The number of benzene rings is 3. The highest BCUT2D eigenvalue weighted by Crippen LogP contribution is 2.21. The molecular weight excluding hydrogens is 536 g/mol. The summed E-state index contributed by atoms with van der Waals surface area (Å²) in [4.78, 5) is 28.8. The third kappa shape index (κ3) is 8.71. The fourth-order valence-corrected chi connectivity index (χ4v) is 4.96. The van der Waals surface area contributed by atoms with Crippen LogP contribution in [0.25, 0.3) is 0 Å². The third-order valence-electron chi connectivity index (χ3n) is 5.60. The molecule has 3 aromatic rings. The van der Waals surface area contributed by atoms with Crippen LogP contribution in [0.3, 0.4) is 0 Å². The fourth-order valence-electron chi connectivity index (χ4n) is 3.82. The largest absolute Gasteiger partial charge is 0.497 e. The summed E-state index contributed by atoms with van der Waals surface area (Å²) in [7, 11) is 1.62. The molecule has 0 saturated heterocycles. The summed E-state index contributed by atoms with van der Waals surface area (Å²) >= 11 is 5.01. The van der Waals surface area contributed by atoms with Crippen molar-refractivity contribution < 1.29 is 14.3 Å². The Labute approximate surface area is 226 Å². The molecule has 1 unspecified atom stereocenters. The van der Waals surface area contributed by atoms with Gasteiger partial charge in [0.05, 0.1) is 12.9 Å². The lowest BCUT2D eigenvalue weighted by molar-refractivity contribution is -0.139. The molecule has 5 nitrogen and oxygen atoms in total. The summed E-state index contributed by atoms with van der Waals surface area (Å²) < 4.78 is 6.41. The van der Waals surface area contributed by atoms with E-state index in [4.69, 9.17) is 4.74 Å². The molecule has 7 heteroatoms. The Morgan fingerprint density at radius 3 is 2.31 bits per heavy atom. The van der Waals surface area contributed by atoms with Gasteiger partial charge in [-0.2, -0.15) is 0 Å². The molecule has 0 aliphatic carbocycles. The van der Waals surface area contributed by atoms with E-state index in [9.17, 15) is 9.59 Å². The Bertz CT molecular complexity index is 1120. The normalized spacial score (nSPS) is 11.7. The van der Waals surface area contributed by atoms with Crippen LogP contribution >= 0.6 is 27.7 Å². The van der Waals surface area contributed by atoms with E-state index < -0.39 is 6.04 Å². The molecule has 1 atom stereocenters. The van der Waals surface area contributed by atoms with Crippen molar-refractivity contribution >= 4 is 39.5 Å². The van der Waals surface area contributed by atoms with Gasteiger partial charge in [-0.15, -0.1) is 11.8 Å². The van der Waals surface area contributed by atoms with Gasteiger partial charge in [0.15, 0.2) is 0 Å². The molecular formula is C29H33BrN2O3S. The van der Waals surface area contributed by atoms with Gasteiger partial charge < -0.3 is 15.0 Å². The molecule has 0 heterocycles. The monoisotopic (exact) mass is 568 g/mol. The van der Waals surface area contributed by atoms with Crippen molar-refractivity contribution in [3.05, 3.63) is 100 Å². The molecule has 0 aliphatic heterocycles. The zero-order valence-electron chi connectivity index (χ0n) is 20.9. The van der Waals surface area contributed by atoms with Gasteiger partial charge in [0.25, 0.3) is 0 Å². The molecule has 0 aromatic heterocycles. The van der Waals surface area contributed by atoms with Crippen molar-refractivity contribution in [3.8, 4) is 5.75 Å². The molecule has 1 N–H and O–H groups in total. The predicted octanol–water partition coefficient (Wildman–Crippen LogP) is 5.86. The predicted molar refractivity (Wildman–Crippen MR) is 151 cm³/mol. The highest BCUT2D eigenvalue weighted by molar-refractivity contribution is 9.10. The Balaban J connectivity index is 1.85. The highest BCUT2D eigenvalue weighted by Gasteiger charge is 2.30. The second-order valence-corrected chi connectivity index (χ2v) is 10.8. The number of amides is 2. The Kier molecular flexibility index (Phi) is 10.9. The van der Waals surface area contributed by atoms with E-state index in [0.29, 0.717) is 18.7 Å². The first kappa shape index (κ1) is 27.8. The van der Waals surface area contributed by atoms with E-state index in [0.717, 1.165) is 26.9 Å². The standard InChI is InChI=1S/C29H33BrN2O3S/c1-21(2)31-29(34)27(17-22-8-5-4-6-9-22)32(18-24-10-7-11-26(16-24)35-3)28(33)20-36-19-23-12-14-25(30)15-13-23/h4-16,21,27H,17-20H2,1-3H3,(H,31,34). The number of hydrogen-bond acceptors (Lipinski definition) is 4. The van der Waals surface area contributed by atoms with Crippen LogP contribution in [0.4, 0.5) is 0 Å². The van der Waals surface area contributed by atoms with Crippen molar-refractivity contribution in [3.63, 3.8) is 0 Å². The van der Waals surface area contributed by atoms with E-state index in [1.54, 1.807) is 23.8 Å². The molecule has 0 bridgehead atoms. The topological polar surface area (TPSA) is 58.6 Å². The SMILES string of the molecule is COc1cccc(CN(C(=O)CSCc2ccc(Br)cc2)C(Cc2ccccc2)C(=O)NC(C)C)c1. The zero-order valence-corrected chi connectivity index (χ0v) is 23.3. The summed E-state index contributed by atoms with van der Waals surface area (Å²) in [5, 5.41) is 3.03. The average Bonchev–Trinajstić information content (AvgIpc) is 2.87. The minimum Gasteiger partial charge on any atom is -0.497 e. The Morgan fingerprint density at radius 1 is 0.944 bits per heavy atom. The number of ether oxygens (including phenoxy) is 1. The Morgan fingerprint density at radius 2 is 1.64 bits per heavy atom. The number of hydrogen-bond donors (Lipinski definition) is 1. The number of carbonyl (C=O) groups is 2. The summed E-state index contributed by atoms with van der Waals surface area (Å²) in [6.45, 7) is 4.18. The maximum absolute atomic E-state index is 13.7. The first-order chi connectivity index (χ1) is 17.4. The molecule has 36 heavy (non-hydrogen) atoms. The number of methoxy groups -OCH3 is 1. The molecule has 0 saturated carbocycles. The lowest BCUT2D eigenvalue weighted by Gasteiger charge is -2.32. The van der Waals surface area contributed by atoms with Gasteiger partial charge in [-0.25, -0.2) is 0 Å². The van der Waals surface area contributed by atoms with E-state index in [-0.39, 0.29) is 23.6 Å². The number of thioether (sulfide) groups is 1. The molecule has 0 spiro atoms. The van der Waals surface area contributed by atoms with Gasteiger partial charge in [0.1, 0.15) is 11.8 Å². The molecule has 3 aromatic carbocycles. The van der Waals surface area contributed by atoms with Crippen molar-refractivity contribution in [1.29, 1.82) is 0 Å². The van der Waals surface area contributed by atoms with Crippen LogP contribution in [-0.4, -0.2) is 41.7 Å². The van der Waals surface area contributed by atoms with E-state index >= 15 is 0 Å². The van der Waals surface area contributed by atoms with Crippen LogP contribution < -0.4 is 10.1 Å². The van der Waals surface area contributed by atoms with Gasteiger partial charge in [0.2, 0.25) is 11.8 Å². The zero-order chi connectivity index (χ0) is 25.9. The van der Waals surface area contributed by atoms with Crippen molar-refractivity contribution in [2.75, 3.05) is 12.9 Å². The van der Waals surface area contributed by atoms with Crippen LogP contribution in [0.5, 0.6) is 5.75 Å². The van der Waals surface area contributed by atoms with Crippen molar-refractivity contribution in [1.82, 2.24) is 10.2 Å². The number of halogens is 1. The molecule has 190 valence electrons. The summed E-state index contributed by atoms with van der Waals surface area (Å²) in [5.74, 6) is 1.49. The first-order valence-corrected chi connectivity index (χ1v) is 13.9. The summed E-state index contributed by atoms with van der Waals surface area (Å²) in [6.07, 6.45) is 0.437. The number of rotatable bonds is 12. The van der Waals surface area contributed by atoms with Gasteiger partial charge in [-0.3, -0.25) is 9.59 Å². The molecule has 2 amide bonds. The molecule has 3 rings (SSSR count). The van der Waals surface area contributed by atoms with Crippen LogP contribution in [0.15, 0.2) is 83.3 Å². The maximum atomic E-state index is 13.7. The highest BCUT2D eigenvalue weighted by atomic mass is 79.9. The lowest BCUT2D eigenvalue weighted by atomic mass is 10.0. The fraction of sp³-hybridized carbons (Fsp3) is 0.310. The number of carbonyl (C=O) groups excluding carboxylic acids is 2. The third-order valence-corrected chi connectivity index (χ3v) is 7.11. The molecule has 0 aliphatic rings. The Hall–Kier alpha value is -2.77. The summed E-state index contributed by atoms with van der Waals surface area (Å²) in [6, 6.07) is 24.9.